The molecule has 0 saturated carbocycles. The molecule has 0 aliphatic carbocycles. The monoisotopic (exact) mass is 273 g/mol. The normalized spacial score (nSPS) is 17.7. The third kappa shape index (κ3) is 3.65. The Kier molecular flexibility index (Phi) is 5.04. The molecular weight excluding hydrogens is 257 g/mol. The van der Waals surface area contributed by atoms with Crippen molar-refractivity contribution in [2.24, 2.45) is 0 Å². The van der Waals surface area contributed by atoms with Crippen LogP contribution in [0.4, 0.5) is 4.39 Å². The van der Waals surface area contributed by atoms with E-state index in [1.54, 1.807) is 0 Å². The standard InChI is InChI=1S/C12H16FN3O.ClH/c1-12(4-6-14-7-5-12)16-11(17)10-3-2-9(13)8-15-10;/h2-3,8,14H,4-7H2,1H3,(H,16,17);1H. The molecule has 1 amide bonds. The van der Waals surface area contributed by atoms with Gasteiger partial charge < -0.3 is 10.6 Å². The largest absolute Gasteiger partial charge is 0.345 e. The summed E-state index contributed by atoms with van der Waals surface area (Å²) in [4.78, 5) is 15.7. The summed E-state index contributed by atoms with van der Waals surface area (Å²) >= 11 is 0. The van der Waals surface area contributed by atoms with Gasteiger partial charge in [0, 0.05) is 5.54 Å². The lowest BCUT2D eigenvalue weighted by molar-refractivity contribution is 0.0882. The number of carbonyl (C=O) groups is 1. The van der Waals surface area contributed by atoms with Gasteiger partial charge in [-0.05, 0) is 45.0 Å². The molecule has 1 aliphatic heterocycles. The van der Waals surface area contributed by atoms with Gasteiger partial charge in [-0.3, -0.25) is 4.79 Å². The first-order valence-corrected chi connectivity index (χ1v) is 5.74. The van der Waals surface area contributed by atoms with Crippen molar-refractivity contribution < 1.29 is 9.18 Å². The molecule has 4 nitrogen and oxygen atoms in total. The zero-order valence-electron chi connectivity index (χ0n) is 10.2. The van der Waals surface area contributed by atoms with Crippen LogP contribution in [0.1, 0.15) is 30.3 Å². The van der Waals surface area contributed by atoms with Gasteiger partial charge in [0.25, 0.3) is 5.91 Å². The molecular formula is C12H17ClFN3O. The maximum absolute atomic E-state index is 12.7. The van der Waals surface area contributed by atoms with E-state index in [1.165, 1.54) is 12.1 Å². The summed E-state index contributed by atoms with van der Waals surface area (Å²) in [5.74, 6) is -0.677. The highest BCUT2D eigenvalue weighted by molar-refractivity contribution is 5.92. The molecule has 1 saturated heterocycles. The number of carbonyl (C=O) groups excluding carboxylic acids is 1. The minimum atomic E-state index is -0.436. The molecule has 2 N–H and O–H groups in total. The third-order valence-corrected chi connectivity index (χ3v) is 3.08. The van der Waals surface area contributed by atoms with Crippen LogP contribution in [0.2, 0.25) is 0 Å². The number of nitrogens with zero attached hydrogens (tertiary/aromatic N) is 1. The van der Waals surface area contributed by atoms with Crippen molar-refractivity contribution in [2.45, 2.75) is 25.3 Å². The summed E-state index contributed by atoms with van der Waals surface area (Å²) in [6, 6.07) is 2.64. The number of rotatable bonds is 2. The number of piperidine rings is 1. The minimum absolute atomic E-state index is 0. The summed E-state index contributed by atoms with van der Waals surface area (Å²) in [6.45, 7) is 3.82. The molecule has 0 unspecified atom stereocenters. The van der Waals surface area contributed by atoms with Crippen LogP contribution >= 0.6 is 12.4 Å². The van der Waals surface area contributed by atoms with Crippen molar-refractivity contribution in [3.8, 4) is 0 Å². The Bertz CT molecular complexity index is 404. The van der Waals surface area contributed by atoms with E-state index in [4.69, 9.17) is 0 Å². The summed E-state index contributed by atoms with van der Waals surface area (Å²) in [6.07, 6.45) is 2.83. The Morgan fingerprint density at radius 3 is 2.67 bits per heavy atom. The lowest BCUT2D eigenvalue weighted by Crippen LogP contribution is -2.52. The predicted molar refractivity (Wildman–Crippen MR) is 69.4 cm³/mol. The summed E-state index contributed by atoms with van der Waals surface area (Å²) in [5.41, 5.74) is 0.0597. The number of halogens is 2. The number of pyridine rings is 1. The van der Waals surface area contributed by atoms with E-state index >= 15 is 0 Å². The van der Waals surface area contributed by atoms with Crippen LogP contribution in [0.5, 0.6) is 0 Å². The Hall–Kier alpha value is -1.20. The lowest BCUT2D eigenvalue weighted by atomic mass is 9.90. The molecule has 0 radical (unpaired) electrons. The number of hydrogen-bond acceptors (Lipinski definition) is 3. The quantitative estimate of drug-likeness (QED) is 0.859. The Balaban J connectivity index is 0.00000162. The fourth-order valence-electron chi connectivity index (χ4n) is 1.95. The molecule has 6 heteroatoms. The SMILES string of the molecule is CC1(NC(=O)c2ccc(F)cn2)CCNCC1.Cl. The molecule has 100 valence electrons. The maximum atomic E-state index is 12.7. The molecule has 0 aromatic carbocycles. The van der Waals surface area contributed by atoms with Crippen LogP contribution in [-0.4, -0.2) is 29.5 Å². The van der Waals surface area contributed by atoms with Crippen LogP contribution < -0.4 is 10.6 Å². The molecule has 0 atom stereocenters. The van der Waals surface area contributed by atoms with Crippen molar-refractivity contribution in [2.75, 3.05) is 13.1 Å². The van der Waals surface area contributed by atoms with E-state index in [1.807, 2.05) is 6.92 Å². The van der Waals surface area contributed by atoms with Crippen molar-refractivity contribution in [3.63, 3.8) is 0 Å². The summed E-state index contributed by atoms with van der Waals surface area (Å²) < 4.78 is 12.7. The van der Waals surface area contributed by atoms with Crippen molar-refractivity contribution in [1.29, 1.82) is 0 Å². The minimum Gasteiger partial charge on any atom is -0.345 e. The van der Waals surface area contributed by atoms with Gasteiger partial charge in [-0.2, -0.15) is 0 Å². The second-order valence-corrected chi connectivity index (χ2v) is 4.63. The number of aromatic nitrogens is 1. The first kappa shape index (κ1) is 14.9. The first-order valence-electron chi connectivity index (χ1n) is 5.74. The molecule has 2 rings (SSSR count). The number of amides is 1. The van der Waals surface area contributed by atoms with Crippen LogP contribution in [0.15, 0.2) is 18.3 Å². The van der Waals surface area contributed by atoms with Crippen LogP contribution in [0.3, 0.4) is 0 Å². The van der Waals surface area contributed by atoms with Crippen LogP contribution in [-0.2, 0) is 0 Å². The topological polar surface area (TPSA) is 54.0 Å². The van der Waals surface area contributed by atoms with E-state index in [-0.39, 0.29) is 29.5 Å². The molecule has 2 heterocycles. The summed E-state index contributed by atoms with van der Waals surface area (Å²) in [7, 11) is 0. The average molecular weight is 274 g/mol. The van der Waals surface area contributed by atoms with Crippen LogP contribution in [0.25, 0.3) is 0 Å². The Labute approximate surface area is 112 Å². The first-order chi connectivity index (χ1) is 8.09. The van der Waals surface area contributed by atoms with Gasteiger partial charge in [0.05, 0.1) is 6.20 Å². The zero-order chi connectivity index (χ0) is 12.3. The van der Waals surface area contributed by atoms with Gasteiger partial charge in [-0.1, -0.05) is 0 Å². The van der Waals surface area contributed by atoms with Crippen LogP contribution in [0, 0.1) is 5.82 Å². The molecule has 1 aromatic rings. The molecule has 1 aliphatic rings. The van der Waals surface area contributed by atoms with E-state index in [0.717, 1.165) is 32.1 Å². The zero-order valence-corrected chi connectivity index (χ0v) is 11.0. The van der Waals surface area contributed by atoms with E-state index < -0.39 is 5.82 Å². The van der Waals surface area contributed by atoms with Gasteiger partial charge in [0.15, 0.2) is 0 Å². The smallest absolute Gasteiger partial charge is 0.270 e. The van der Waals surface area contributed by atoms with Gasteiger partial charge in [-0.15, -0.1) is 12.4 Å². The van der Waals surface area contributed by atoms with Crippen molar-refractivity contribution in [3.05, 3.63) is 29.8 Å². The van der Waals surface area contributed by atoms with Crippen molar-refractivity contribution in [1.82, 2.24) is 15.6 Å². The number of hydrogen-bond donors (Lipinski definition) is 2. The number of nitrogens with one attached hydrogen (secondary N) is 2. The lowest BCUT2D eigenvalue weighted by Gasteiger charge is -2.34. The van der Waals surface area contributed by atoms with Crippen molar-refractivity contribution >= 4 is 18.3 Å². The molecule has 0 spiro atoms. The van der Waals surface area contributed by atoms with E-state index in [2.05, 4.69) is 15.6 Å². The van der Waals surface area contributed by atoms with E-state index in [9.17, 15) is 9.18 Å². The predicted octanol–water partition coefficient (Wildman–Crippen LogP) is 1.51. The van der Waals surface area contributed by atoms with Gasteiger partial charge in [0.1, 0.15) is 11.5 Å². The highest BCUT2D eigenvalue weighted by atomic mass is 35.5. The second kappa shape index (κ2) is 6.11. The fourth-order valence-corrected chi connectivity index (χ4v) is 1.95. The van der Waals surface area contributed by atoms with Gasteiger partial charge in [0.2, 0.25) is 0 Å². The Morgan fingerprint density at radius 1 is 1.44 bits per heavy atom. The second-order valence-electron chi connectivity index (χ2n) is 4.63. The molecule has 18 heavy (non-hydrogen) atoms. The third-order valence-electron chi connectivity index (χ3n) is 3.08. The highest BCUT2D eigenvalue weighted by Gasteiger charge is 2.28. The highest BCUT2D eigenvalue weighted by Crippen LogP contribution is 2.17. The molecule has 1 aromatic heterocycles. The van der Waals surface area contributed by atoms with Gasteiger partial charge in [-0.25, -0.2) is 9.37 Å². The Morgan fingerprint density at radius 2 is 2.11 bits per heavy atom. The van der Waals surface area contributed by atoms with Gasteiger partial charge >= 0.3 is 0 Å². The summed E-state index contributed by atoms with van der Waals surface area (Å²) in [5, 5.41) is 6.21. The van der Waals surface area contributed by atoms with E-state index in [0.29, 0.717) is 0 Å². The maximum Gasteiger partial charge on any atom is 0.270 e. The molecule has 0 bridgehead atoms. The average Bonchev–Trinajstić information content (AvgIpc) is 2.30. The fraction of sp³-hybridized carbons (Fsp3) is 0.500. The molecule has 1 fully saturated rings.